The minimum atomic E-state index is 0.225. The van der Waals surface area contributed by atoms with Gasteiger partial charge < -0.3 is 10.5 Å². The van der Waals surface area contributed by atoms with Gasteiger partial charge in [0.25, 0.3) is 0 Å². The molecule has 0 radical (unpaired) electrons. The summed E-state index contributed by atoms with van der Waals surface area (Å²) < 4.78 is 5.16. The van der Waals surface area contributed by atoms with Crippen LogP contribution in [-0.4, -0.2) is 13.2 Å². The summed E-state index contributed by atoms with van der Waals surface area (Å²) in [6.07, 6.45) is 3.10. The Hall–Kier alpha value is -0.440. The molecular formula is C14H21Cl2NO. The van der Waals surface area contributed by atoms with Gasteiger partial charge >= 0.3 is 0 Å². The molecule has 0 aliphatic carbocycles. The van der Waals surface area contributed by atoms with Crippen LogP contribution in [0.3, 0.4) is 0 Å². The predicted molar refractivity (Wildman–Crippen MR) is 78.9 cm³/mol. The molecule has 4 heteroatoms. The molecule has 0 saturated heterocycles. The Kier molecular flexibility index (Phi) is 6.27. The van der Waals surface area contributed by atoms with Gasteiger partial charge in [0, 0.05) is 6.04 Å². The van der Waals surface area contributed by atoms with E-state index in [1.54, 1.807) is 7.11 Å². The Morgan fingerprint density at radius 2 is 1.78 bits per heavy atom. The number of ether oxygens (including phenoxy) is 1. The highest BCUT2D eigenvalue weighted by Crippen LogP contribution is 2.37. The molecule has 2 N–H and O–H groups in total. The third-order valence-corrected chi connectivity index (χ3v) is 3.72. The molecule has 1 aromatic carbocycles. The zero-order valence-corrected chi connectivity index (χ0v) is 12.7. The van der Waals surface area contributed by atoms with E-state index in [1.807, 2.05) is 19.1 Å². The van der Waals surface area contributed by atoms with Crippen molar-refractivity contribution < 1.29 is 4.74 Å². The van der Waals surface area contributed by atoms with Crippen LogP contribution in [0.4, 0.5) is 0 Å². The zero-order chi connectivity index (χ0) is 13.7. The first-order chi connectivity index (χ1) is 8.49. The number of nitrogens with two attached hydrogens (primary N) is 1. The number of benzene rings is 1. The Labute approximate surface area is 119 Å². The van der Waals surface area contributed by atoms with E-state index in [-0.39, 0.29) is 6.04 Å². The van der Waals surface area contributed by atoms with Crippen LogP contribution in [0.25, 0.3) is 0 Å². The number of hydrogen-bond acceptors (Lipinski definition) is 2. The summed E-state index contributed by atoms with van der Waals surface area (Å²) in [4.78, 5) is 0. The fraction of sp³-hybridized carbons (Fsp3) is 0.571. The van der Waals surface area contributed by atoms with E-state index in [4.69, 9.17) is 33.7 Å². The van der Waals surface area contributed by atoms with Crippen molar-refractivity contribution in [3.63, 3.8) is 0 Å². The van der Waals surface area contributed by atoms with Gasteiger partial charge in [-0.15, -0.1) is 0 Å². The lowest BCUT2D eigenvalue weighted by atomic mass is 9.90. The largest absolute Gasteiger partial charge is 0.494 e. The Morgan fingerprint density at radius 3 is 2.17 bits per heavy atom. The van der Waals surface area contributed by atoms with Crippen molar-refractivity contribution in [1.29, 1.82) is 0 Å². The van der Waals surface area contributed by atoms with Crippen LogP contribution in [0.15, 0.2) is 12.1 Å². The summed E-state index contributed by atoms with van der Waals surface area (Å²) >= 11 is 12.3. The lowest BCUT2D eigenvalue weighted by Gasteiger charge is -2.18. The number of rotatable bonds is 6. The van der Waals surface area contributed by atoms with Crippen LogP contribution in [0, 0.1) is 0 Å². The summed E-state index contributed by atoms with van der Waals surface area (Å²) in [7, 11) is 1.57. The van der Waals surface area contributed by atoms with Crippen molar-refractivity contribution in [3.8, 4) is 5.75 Å². The van der Waals surface area contributed by atoms with Gasteiger partial charge in [-0.05, 0) is 49.8 Å². The lowest BCUT2D eigenvalue weighted by molar-refractivity contribution is 0.415. The summed E-state index contributed by atoms with van der Waals surface area (Å²) in [5.41, 5.74) is 6.97. The molecule has 0 bridgehead atoms. The van der Waals surface area contributed by atoms with E-state index in [0.29, 0.717) is 21.7 Å². The van der Waals surface area contributed by atoms with Crippen LogP contribution in [0.1, 0.15) is 44.6 Å². The summed E-state index contributed by atoms with van der Waals surface area (Å²) in [5, 5.41) is 1.14. The maximum Gasteiger partial charge on any atom is 0.156 e. The topological polar surface area (TPSA) is 35.2 Å². The maximum atomic E-state index is 6.16. The summed E-state index contributed by atoms with van der Waals surface area (Å²) in [6.45, 7) is 4.19. The Balaban J connectivity index is 2.93. The van der Waals surface area contributed by atoms with Gasteiger partial charge in [0.15, 0.2) is 5.75 Å². The average molecular weight is 290 g/mol. The molecule has 2 atom stereocenters. The second-order valence-electron chi connectivity index (χ2n) is 4.68. The highest BCUT2D eigenvalue weighted by atomic mass is 35.5. The highest BCUT2D eigenvalue weighted by molar-refractivity contribution is 6.37. The molecule has 1 aromatic rings. The van der Waals surface area contributed by atoms with E-state index in [0.717, 1.165) is 24.8 Å². The van der Waals surface area contributed by atoms with Crippen molar-refractivity contribution >= 4 is 23.2 Å². The maximum absolute atomic E-state index is 6.16. The van der Waals surface area contributed by atoms with Crippen LogP contribution in [0.5, 0.6) is 5.75 Å². The second kappa shape index (κ2) is 7.22. The molecule has 0 spiro atoms. The standard InChI is InChI=1S/C14H21Cl2NO/c1-4-10(6-5-9(2)17)11-7-12(15)14(18-3)13(16)8-11/h7-10H,4-6,17H2,1-3H3. The smallest absolute Gasteiger partial charge is 0.156 e. The normalized spacial score (nSPS) is 14.3. The van der Waals surface area contributed by atoms with Gasteiger partial charge in [-0.2, -0.15) is 0 Å². The first-order valence-corrected chi connectivity index (χ1v) is 7.03. The van der Waals surface area contributed by atoms with E-state index in [9.17, 15) is 0 Å². The minimum Gasteiger partial charge on any atom is -0.494 e. The van der Waals surface area contributed by atoms with Gasteiger partial charge in [-0.3, -0.25) is 0 Å². The first kappa shape index (κ1) is 15.6. The highest BCUT2D eigenvalue weighted by Gasteiger charge is 2.15. The fourth-order valence-electron chi connectivity index (χ4n) is 2.08. The molecule has 2 nitrogen and oxygen atoms in total. The first-order valence-electron chi connectivity index (χ1n) is 6.28. The van der Waals surface area contributed by atoms with Gasteiger partial charge in [0.05, 0.1) is 17.2 Å². The van der Waals surface area contributed by atoms with E-state index < -0.39 is 0 Å². The third-order valence-electron chi connectivity index (χ3n) is 3.16. The molecule has 0 amide bonds. The molecule has 0 saturated carbocycles. The van der Waals surface area contributed by atoms with Gasteiger partial charge in [-0.1, -0.05) is 30.1 Å². The van der Waals surface area contributed by atoms with Crippen molar-refractivity contribution in [2.24, 2.45) is 5.73 Å². The van der Waals surface area contributed by atoms with Gasteiger partial charge in [-0.25, -0.2) is 0 Å². The fourth-order valence-corrected chi connectivity index (χ4v) is 2.74. The molecule has 0 aliphatic heterocycles. The average Bonchev–Trinajstić information content (AvgIpc) is 2.29. The second-order valence-corrected chi connectivity index (χ2v) is 5.49. The summed E-state index contributed by atoms with van der Waals surface area (Å²) in [5.74, 6) is 0.987. The molecule has 0 aliphatic rings. The monoisotopic (exact) mass is 289 g/mol. The van der Waals surface area contributed by atoms with Crippen molar-refractivity contribution in [2.75, 3.05) is 7.11 Å². The van der Waals surface area contributed by atoms with Gasteiger partial charge in [0.1, 0.15) is 0 Å². The van der Waals surface area contributed by atoms with E-state index >= 15 is 0 Å². The van der Waals surface area contributed by atoms with Crippen LogP contribution >= 0.6 is 23.2 Å². The van der Waals surface area contributed by atoms with Gasteiger partial charge in [0.2, 0.25) is 0 Å². The number of halogens is 2. The van der Waals surface area contributed by atoms with Crippen LogP contribution in [0.2, 0.25) is 10.0 Å². The SMILES string of the molecule is CCC(CCC(C)N)c1cc(Cl)c(OC)c(Cl)c1. The van der Waals surface area contributed by atoms with Crippen molar-refractivity contribution in [2.45, 2.75) is 45.1 Å². The lowest BCUT2D eigenvalue weighted by Crippen LogP contribution is -2.15. The quantitative estimate of drug-likeness (QED) is 0.829. The molecule has 102 valence electrons. The third kappa shape index (κ3) is 4.04. The molecule has 0 aromatic heterocycles. The van der Waals surface area contributed by atoms with Crippen LogP contribution < -0.4 is 10.5 Å². The molecule has 0 fully saturated rings. The van der Waals surface area contributed by atoms with E-state index in [1.165, 1.54) is 0 Å². The molecule has 2 unspecified atom stereocenters. The van der Waals surface area contributed by atoms with E-state index in [2.05, 4.69) is 6.92 Å². The number of hydrogen-bond donors (Lipinski definition) is 1. The summed E-state index contributed by atoms with van der Waals surface area (Å²) in [6, 6.07) is 4.12. The predicted octanol–water partition coefficient (Wildman–Crippen LogP) is 4.62. The Morgan fingerprint density at radius 1 is 1.22 bits per heavy atom. The van der Waals surface area contributed by atoms with Crippen LogP contribution in [-0.2, 0) is 0 Å². The zero-order valence-electron chi connectivity index (χ0n) is 11.2. The molecular weight excluding hydrogens is 269 g/mol. The minimum absolute atomic E-state index is 0.225. The number of methoxy groups -OCH3 is 1. The van der Waals surface area contributed by atoms with Crippen molar-refractivity contribution in [3.05, 3.63) is 27.7 Å². The molecule has 18 heavy (non-hydrogen) atoms. The Bertz CT molecular complexity index is 370. The molecule has 1 rings (SSSR count). The molecule has 0 heterocycles. The van der Waals surface area contributed by atoms with Crippen molar-refractivity contribution in [1.82, 2.24) is 0 Å².